The third-order valence-corrected chi connectivity index (χ3v) is 7.40. The number of hydrogen-bond acceptors (Lipinski definition) is 3. The lowest BCUT2D eigenvalue weighted by Crippen LogP contribution is -2.56. The lowest BCUT2D eigenvalue weighted by atomic mass is 9.97. The van der Waals surface area contributed by atoms with Crippen LogP contribution < -0.4 is 0 Å². The van der Waals surface area contributed by atoms with Crippen molar-refractivity contribution in [3.8, 4) is 0 Å². The number of alkyl halides is 6. The average molecular weight is 603 g/mol. The molecule has 4 rings (SSSR count). The van der Waals surface area contributed by atoms with Crippen molar-refractivity contribution in [3.63, 3.8) is 0 Å². The van der Waals surface area contributed by atoms with Crippen LogP contribution in [0.1, 0.15) is 50.2 Å². The highest BCUT2D eigenvalue weighted by Gasteiger charge is 2.39. The lowest BCUT2D eigenvalue weighted by molar-refractivity contribution is -0.143. The van der Waals surface area contributed by atoms with Crippen LogP contribution in [-0.2, 0) is 32.2 Å². The van der Waals surface area contributed by atoms with E-state index in [2.05, 4.69) is 10.00 Å². The van der Waals surface area contributed by atoms with E-state index in [-0.39, 0.29) is 25.0 Å². The fourth-order valence-electron chi connectivity index (χ4n) is 5.12. The van der Waals surface area contributed by atoms with Crippen LogP contribution in [0.3, 0.4) is 0 Å². The number of carbonyl (C=O) groups is 1. The third-order valence-electron chi connectivity index (χ3n) is 7.40. The van der Waals surface area contributed by atoms with E-state index in [0.717, 1.165) is 41.6 Å². The first kappa shape index (κ1) is 32.5. The normalized spacial score (nSPS) is 16.5. The van der Waals surface area contributed by atoms with Crippen LogP contribution in [0.2, 0.25) is 0 Å². The molecule has 3 aromatic rings. The largest absolute Gasteiger partial charge is 0.416 e. The van der Waals surface area contributed by atoms with Crippen molar-refractivity contribution in [1.29, 1.82) is 0 Å². The van der Waals surface area contributed by atoms with E-state index in [1.54, 1.807) is 4.68 Å². The molecule has 0 saturated carbocycles. The number of amides is 1. The van der Waals surface area contributed by atoms with Gasteiger partial charge in [-0.2, -0.15) is 31.4 Å². The van der Waals surface area contributed by atoms with E-state index in [9.17, 15) is 31.1 Å². The molecule has 5 nitrogen and oxygen atoms in total. The zero-order valence-corrected chi connectivity index (χ0v) is 23.8. The second-order valence-corrected chi connectivity index (χ2v) is 10.5. The van der Waals surface area contributed by atoms with Crippen molar-refractivity contribution in [1.82, 2.24) is 19.6 Å². The van der Waals surface area contributed by atoms with Crippen LogP contribution in [0.15, 0.2) is 48.8 Å². The van der Waals surface area contributed by atoms with Gasteiger partial charge in [0.15, 0.2) is 0 Å². The second-order valence-electron chi connectivity index (χ2n) is 10.5. The smallest absolute Gasteiger partial charge is 0.333 e. The van der Waals surface area contributed by atoms with E-state index < -0.39 is 41.0 Å². The molecule has 1 aliphatic rings. The standard InChI is InChI=1S/C29H32F6N4O.ClH/c1-19-6-7-21(11-20(19)2)12-26-18-38(8-4-5-22-16-36-37(3)17-22)9-10-39(26)27(40)23-13-24(28(30,31)32)15-25(14-23)29(33,34)35;/h6-7,11,13-17,26H,4-5,8-10,12,18H2,1-3H3;1H/t26-;/m1./s1. The van der Waals surface area contributed by atoms with Crippen molar-refractivity contribution >= 4 is 18.3 Å². The Morgan fingerprint density at radius 1 is 0.927 bits per heavy atom. The molecule has 0 spiro atoms. The predicted octanol–water partition coefficient (Wildman–Crippen LogP) is 6.50. The molecule has 0 N–H and O–H groups in total. The van der Waals surface area contributed by atoms with Gasteiger partial charge >= 0.3 is 12.4 Å². The molecule has 41 heavy (non-hydrogen) atoms. The number of aryl methyl sites for hydroxylation is 4. The first-order valence-electron chi connectivity index (χ1n) is 13.1. The number of carbonyl (C=O) groups excluding carboxylic acids is 1. The number of piperazine rings is 1. The maximum Gasteiger partial charge on any atom is 0.416 e. The Morgan fingerprint density at radius 2 is 1.59 bits per heavy atom. The summed E-state index contributed by atoms with van der Waals surface area (Å²) in [4.78, 5) is 17.2. The number of halogens is 7. The topological polar surface area (TPSA) is 41.4 Å². The highest BCUT2D eigenvalue weighted by atomic mass is 35.5. The molecular formula is C29H33ClF6N4O. The molecule has 1 amide bonds. The van der Waals surface area contributed by atoms with Gasteiger partial charge in [-0.25, -0.2) is 0 Å². The summed E-state index contributed by atoms with van der Waals surface area (Å²) < 4.78 is 82.5. The Labute approximate surface area is 241 Å². The van der Waals surface area contributed by atoms with Gasteiger partial charge in [-0.3, -0.25) is 14.4 Å². The monoisotopic (exact) mass is 602 g/mol. The van der Waals surface area contributed by atoms with Crippen molar-refractivity contribution in [2.45, 2.75) is 51.5 Å². The molecule has 0 radical (unpaired) electrons. The number of hydrogen-bond donors (Lipinski definition) is 0. The predicted molar refractivity (Wildman–Crippen MR) is 146 cm³/mol. The fourth-order valence-corrected chi connectivity index (χ4v) is 5.12. The Balaban J connectivity index is 0.00000462. The molecule has 0 unspecified atom stereocenters. The maximum atomic E-state index is 13.6. The van der Waals surface area contributed by atoms with Gasteiger partial charge in [-0.05, 0) is 80.1 Å². The van der Waals surface area contributed by atoms with Gasteiger partial charge in [0.1, 0.15) is 0 Å². The molecule has 1 atom stereocenters. The summed E-state index contributed by atoms with van der Waals surface area (Å²) in [7, 11) is 1.85. The van der Waals surface area contributed by atoms with Crippen LogP contribution >= 0.6 is 12.4 Å². The summed E-state index contributed by atoms with van der Waals surface area (Å²) in [5.74, 6) is -0.833. The molecule has 1 fully saturated rings. The average Bonchev–Trinajstić information content (AvgIpc) is 3.29. The quantitative estimate of drug-likeness (QED) is 0.290. The molecule has 1 aromatic heterocycles. The summed E-state index contributed by atoms with van der Waals surface area (Å²) in [6.07, 6.45) is -4.20. The first-order valence-corrected chi connectivity index (χ1v) is 13.1. The van der Waals surface area contributed by atoms with E-state index in [1.165, 1.54) is 4.90 Å². The minimum atomic E-state index is -5.03. The third kappa shape index (κ3) is 8.25. The van der Waals surface area contributed by atoms with Gasteiger partial charge in [0, 0.05) is 44.5 Å². The van der Waals surface area contributed by atoms with Crippen LogP contribution in [-0.4, -0.2) is 57.7 Å². The molecule has 224 valence electrons. The molecule has 0 bridgehead atoms. The Kier molecular flexibility index (Phi) is 10.2. The maximum absolute atomic E-state index is 13.6. The number of rotatable bonds is 7. The van der Waals surface area contributed by atoms with Gasteiger partial charge in [-0.1, -0.05) is 18.2 Å². The Morgan fingerprint density at radius 3 is 2.15 bits per heavy atom. The molecular weight excluding hydrogens is 570 g/mol. The summed E-state index contributed by atoms with van der Waals surface area (Å²) in [6.45, 7) is 5.80. The van der Waals surface area contributed by atoms with E-state index in [4.69, 9.17) is 0 Å². The Bertz CT molecular complexity index is 1320. The van der Waals surface area contributed by atoms with Crippen LogP contribution in [0.4, 0.5) is 26.3 Å². The zero-order valence-electron chi connectivity index (χ0n) is 23.0. The van der Waals surface area contributed by atoms with Gasteiger partial charge in [0.05, 0.1) is 17.3 Å². The van der Waals surface area contributed by atoms with E-state index in [0.29, 0.717) is 31.6 Å². The van der Waals surface area contributed by atoms with Crippen molar-refractivity contribution in [3.05, 3.63) is 87.7 Å². The van der Waals surface area contributed by atoms with E-state index >= 15 is 0 Å². The summed E-state index contributed by atoms with van der Waals surface area (Å²) in [5, 5.41) is 4.17. The molecule has 1 saturated heterocycles. The van der Waals surface area contributed by atoms with Crippen LogP contribution in [0.25, 0.3) is 0 Å². The summed E-state index contributed by atoms with van der Waals surface area (Å²) in [6, 6.07) is 6.57. The fraction of sp³-hybridized carbons (Fsp3) is 0.448. The van der Waals surface area contributed by atoms with Crippen molar-refractivity contribution < 1.29 is 31.1 Å². The van der Waals surface area contributed by atoms with Crippen LogP contribution in [0.5, 0.6) is 0 Å². The highest BCUT2D eigenvalue weighted by molar-refractivity contribution is 5.95. The van der Waals surface area contributed by atoms with Gasteiger partial charge in [0.2, 0.25) is 0 Å². The SMILES string of the molecule is Cc1ccc(C[C@@H]2CN(CCCc3cnn(C)c3)CCN2C(=O)c2cc(C(F)(F)F)cc(C(F)(F)F)c2)cc1C.Cl. The van der Waals surface area contributed by atoms with Crippen molar-refractivity contribution in [2.75, 3.05) is 26.2 Å². The lowest BCUT2D eigenvalue weighted by Gasteiger charge is -2.42. The second kappa shape index (κ2) is 12.9. The van der Waals surface area contributed by atoms with Gasteiger partial charge in [-0.15, -0.1) is 12.4 Å². The van der Waals surface area contributed by atoms with E-state index in [1.807, 2.05) is 51.5 Å². The highest BCUT2D eigenvalue weighted by Crippen LogP contribution is 2.37. The van der Waals surface area contributed by atoms with Crippen LogP contribution in [0, 0.1) is 13.8 Å². The van der Waals surface area contributed by atoms with Gasteiger partial charge < -0.3 is 4.90 Å². The molecule has 1 aliphatic heterocycles. The molecule has 0 aliphatic carbocycles. The number of aromatic nitrogens is 2. The Hall–Kier alpha value is -3.05. The minimum absolute atomic E-state index is 0. The summed E-state index contributed by atoms with van der Waals surface area (Å²) >= 11 is 0. The molecule has 12 heteroatoms. The number of nitrogens with zero attached hydrogens (tertiary/aromatic N) is 4. The molecule has 2 heterocycles. The first-order chi connectivity index (χ1) is 18.7. The number of benzene rings is 2. The minimum Gasteiger partial charge on any atom is -0.333 e. The van der Waals surface area contributed by atoms with Gasteiger partial charge in [0.25, 0.3) is 5.91 Å². The van der Waals surface area contributed by atoms with Crippen molar-refractivity contribution in [2.24, 2.45) is 7.05 Å². The molecule has 2 aromatic carbocycles. The zero-order chi connectivity index (χ0) is 29.2. The summed E-state index contributed by atoms with van der Waals surface area (Å²) in [5.41, 5.74) is 0.609.